The molecule has 4 heterocycles. The summed E-state index contributed by atoms with van der Waals surface area (Å²) in [7, 11) is 0. The van der Waals surface area contributed by atoms with Crippen LogP contribution in [0.4, 0.5) is 5.69 Å². The summed E-state index contributed by atoms with van der Waals surface area (Å²) in [5.74, 6) is 0.0942. The highest BCUT2D eigenvalue weighted by molar-refractivity contribution is 9.10. The molecule has 43 heavy (non-hydrogen) atoms. The van der Waals surface area contributed by atoms with Crippen LogP contribution in [0.5, 0.6) is 5.75 Å². The normalized spacial score (nSPS) is 17.9. The summed E-state index contributed by atoms with van der Waals surface area (Å²) in [6.45, 7) is 6.15. The molecular formula is C31H30BrN7O4. The number of fused-ring (bicyclic) bond motifs is 1. The second-order valence-corrected chi connectivity index (χ2v) is 12.1. The summed E-state index contributed by atoms with van der Waals surface area (Å²) in [5, 5.41) is 5.03. The Morgan fingerprint density at radius 1 is 1.19 bits per heavy atom. The number of nitrogens with zero attached hydrogens (tertiary/aromatic N) is 5. The van der Waals surface area contributed by atoms with E-state index < -0.39 is 12.0 Å². The number of nitrogens with two attached hydrogens (primary N) is 1. The number of hydrogen-bond donors (Lipinski definition) is 2. The number of rotatable bonds is 5. The number of ether oxygens (including phenoxy) is 1. The number of hydrogen-bond acceptors (Lipinski definition) is 7. The lowest BCUT2D eigenvalue weighted by Gasteiger charge is -2.38. The Morgan fingerprint density at radius 3 is 2.74 bits per heavy atom. The summed E-state index contributed by atoms with van der Waals surface area (Å²) < 4.78 is 8.25. The third kappa shape index (κ3) is 4.60. The highest BCUT2D eigenvalue weighted by Crippen LogP contribution is 2.44. The number of halogens is 1. The van der Waals surface area contributed by atoms with E-state index in [2.05, 4.69) is 38.5 Å². The van der Waals surface area contributed by atoms with Gasteiger partial charge in [-0.05, 0) is 64.5 Å². The molecule has 1 atom stereocenters. The van der Waals surface area contributed by atoms with Gasteiger partial charge in [-0.3, -0.25) is 14.4 Å². The van der Waals surface area contributed by atoms with Crippen LogP contribution < -0.4 is 10.5 Å². The van der Waals surface area contributed by atoms with Crippen LogP contribution in [0.3, 0.4) is 0 Å². The van der Waals surface area contributed by atoms with Crippen molar-refractivity contribution in [2.45, 2.75) is 44.6 Å². The molecule has 1 saturated carbocycles. The number of nitrogens with one attached hydrogen (secondary N) is 1. The predicted molar refractivity (Wildman–Crippen MR) is 163 cm³/mol. The highest BCUT2D eigenvalue weighted by atomic mass is 79.9. The van der Waals surface area contributed by atoms with Crippen LogP contribution in [-0.4, -0.2) is 67.0 Å². The zero-order chi connectivity index (χ0) is 30.0. The number of carbonyl (C=O) groups excluding carboxylic acids is 3. The quantitative estimate of drug-likeness (QED) is 0.144. The Hall–Kier alpha value is -4.45. The molecule has 4 aromatic rings. The van der Waals surface area contributed by atoms with E-state index in [4.69, 9.17) is 15.6 Å². The first-order valence-electron chi connectivity index (χ1n) is 14.3. The maximum atomic E-state index is 14.4. The number of H-pyrrole nitrogens is 1. The number of benzene rings is 2. The van der Waals surface area contributed by atoms with Crippen LogP contribution in [-0.2, 0) is 22.4 Å². The van der Waals surface area contributed by atoms with Gasteiger partial charge in [-0.2, -0.15) is 5.10 Å². The lowest BCUT2D eigenvalue weighted by Crippen LogP contribution is -2.46. The van der Waals surface area contributed by atoms with E-state index in [-0.39, 0.29) is 18.4 Å². The Morgan fingerprint density at radius 2 is 2.00 bits per heavy atom. The Labute approximate surface area is 255 Å². The van der Waals surface area contributed by atoms with Crippen LogP contribution >= 0.6 is 15.9 Å². The van der Waals surface area contributed by atoms with Gasteiger partial charge in [0.1, 0.15) is 11.2 Å². The standard InChI is InChI=1S/C31H30BrN7O4/c1-3-26(41)37-10-8-21-28-23(39(36-21)22-7-6-18(17-4-5-17)12-25(22)43-16(2)40)9-11-38(24(28)14-37)31(42)27-20(33)13-19(32)29-30(27)35-15-34-29/h3,6-7,12-13,15,17,24H,1,4-5,8-11,14,33H2,2H3,(H,34,35). The van der Waals surface area contributed by atoms with Gasteiger partial charge >= 0.3 is 5.97 Å². The maximum Gasteiger partial charge on any atom is 0.308 e. The van der Waals surface area contributed by atoms with Gasteiger partial charge in [0.05, 0.1) is 34.8 Å². The van der Waals surface area contributed by atoms with Crippen LogP contribution in [0, 0.1) is 0 Å². The van der Waals surface area contributed by atoms with Gasteiger partial charge in [0.25, 0.3) is 5.91 Å². The number of carbonyl (C=O) groups is 3. The summed E-state index contributed by atoms with van der Waals surface area (Å²) in [4.78, 5) is 50.2. The van der Waals surface area contributed by atoms with Crippen molar-refractivity contribution in [3.05, 3.63) is 75.8 Å². The predicted octanol–water partition coefficient (Wildman–Crippen LogP) is 4.21. The molecule has 0 radical (unpaired) electrons. The molecule has 7 rings (SSSR count). The van der Waals surface area contributed by atoms with Crippen LogP contribution in [0.25, 0.3) is 16.7 Å². The molecule has 1 fully saturated rings. The van der Waals surface area contributed by atoms with Crippen LogP contribution in [0.2, 0.25) is 0 Å². The molecule has 12 heteroatoms. The van der Waals surface area contributed by atoms with Crippen molar-refractivity contribution in [2.24, 2.45) is 0 Å². The van der Waals surface area contributed by atoms with Crippen LogP contribution in [0.15, 0.2) is 47.7 Å². The number of aromatic amines is 1. The first-order valence-corrected chi connectivity index (χ1v) is 15.1. The average molecular weight is 645 g/mol. The molecule has 0 spiro atoms. The van der Waals surface area contributed by atoms with Gasteiger partial charge in [-0.15, -0.1) is 0 Å². The molecule has 0 bridgehead atoms. The van der Waals surface area contributed by atoms with E-state index in [1.165, 1.54) is 19.3 Å². The van der Waals surface area contributed by atoms with Gasteiger partial charge in [0.15, 0.2) is 5.75 Å². The van der Waals surface area contributed by atoms with Crippen molar-refractivity contribution < 1.29 is 19.1 Å². The Balaban J connectivity index is 1.35. The first kappa shape index (κ1) is 27.4. The van der Waals surface area contributed by atoms with Crippen molar-refractivity contribution in [3.8, 4) is 11.4 Å². The molecule has 2 amide bonds. The van der Waals surface area contributed by atoms with Crippen LogP contribution in [0.1, 0.15) is 64.6 Å². The molecule has 3 N–H and O–H groups in total. The zero-order valence-electron chi connectivity index (χ0n) is 23.6. The fourth-order valence-corrected chi connectivity index (χ4v) is 6.99. The van der Waals surface area contributed by atoms with Crippen molar-refractivity contribution in [1.29, 1.82) is 0 Å². The number of aromatic nitrogens is 4. The zero-order valence-corrected chi connectivity index (χ0v) is 25.2. The first-order chi connectivity index (χ1) is 20.7. The maximum absolute atomic E-state index is 14.4. The molecule has 220 valence electrons. The van der Waals surface area contributed by atoms with E-state index in [0.717, 1.165) is 35.4 Å². The lowest BCUT2D eigenvalue weighted by molar-refractivity contribution is -0.132. The SMILES string of the molecule is C=CC(=O)N1CCc2nn(-c3ccc(C4CC4)cc3OC(C)=O)c3c2C(C1)N(C(=O)c1c(N)cc(Br)c2nc[nH]c12)CC3. The monoisotopic (exact) mass is 643 g/mol. The molecule has 2 aromatic heterocycles. The molecule has 2 aliphatic heterocycles. The minimum absolute atomic E-state index is 0.204. The molecule has 11 nitrogen and oxygen atoms in total. The van der Waals surface area contributed by atoms with Gasteiger partial charge in [0, 0.05) is 55.1 Å². The lowest BCUT2D eigenvalue weighted by atomic mass is 9.94. The van der Waals surface area contributed by atoms with E-state index in [1.54, 1.807) is 15.9 Å². The largest absolute Gasteiger partial charge is 0.424 e. The summed E-state index contributed by atoms with van der Waals surface area (Å²) >= 11 is 3.49. The smallest absolute Gasteiger partial charge is 0.308 e. The molecule has 2 aromatic carbocycles. The number of imidazole rings is 1. The minimum Gasteiger partial charge on any atom is -0.424 e. The molecule has 3 aliphatic rings. The number of nitrogen functional groups attached to an aromatic ring is 1. The molecule has 1 unspecified atom stereocenters. The van der Waals surface area contributed by atoms with Gasteiger partial charge in [-0.25, -0.2) is 9.67 Å². The van der Waals surface area contributed by atoms with Gasteiger partial charge in [-0.1, -0.05) is 12.6 Å². The number of anilines is 1. The minimum atomic E-state index is -0.477. The fraction of sp³-hybridized carbons (Fsp3) is 0.323. The summed E-state index contributed by atoms with van der Waals surface area (Å²) in [5.41, 5.74) is 12.7. The Kier molecular flexibility index (Phi) is 6.60. The summed E-state index contributed by atoms with van der Waals surface area (Å²) in [6.07, 6.45) is 6.09. The molecule has 0 saturated heterocycles. The fourth-order valence-electron chi connectivity index (χ4n) is 6.44. The van der Waals surface area contributed by atoms with Gasteiger partial charge in [0.2, 0.25) is 5.91 Å². The third-order valence-corrected chi connectivity index (χ3v) is 9.18. The van der Waals surface area contributed by atoms with E-state index in [0.29, 0.717) is 70.0 Å². The average Bonchev–Trinajstić information content (AvgIpc) is 3.65. The number of amides is 2. The second-order valence-electron chi connectivity index (χ2n) is 11.3. The van der Waals surface area contributed by atoms with E-state index in [1.807, 2.05) is 16.8 Å². The van der Waals surface area contributed by atoms with Crippen molar-refractivity contribution in [1.82, 2.24) is 29.5 Å². The van der Waals surface area contributed by atoms with Crippen molar-refractivity contribution in [2.75, 3.05) is 25.4 Å². The second kappa shape index (κ2) is 10.4. The Bertz CT molecular complexity index is 1840. The van der Waals surface area contributed by atoms with Gasteiger partial charge < -0.3 is 25.3 Å². The van der Waals surface area contributed by atoms with Crippen molar-refractivity contribution >= 4 is 50.4 Å². The highest BCUT2D eigenvalue weighted by Gasteiger charge is 2.41. The summed E-state index contributed by atoms with van der Waals surface area (Å²) in [6, 6.07) is 7.20. The van der Waals surface area contributed by atoms with E-state index in [9.17, 15) is 14.4 Å². The van der Waals surface area contributed by atoms with E-state index >= 15 is 0 Å². The molecule has 1 aliphatic carbocycles. The molecular weight excluding hydrogens is 614 g/mol. The third-order valence-electron chi connectivity index (χ3n) is 8.57. The van der Waals surface area contributed by atoms with Crippen molar-refractivity contribution in [3.63, 3.8) is 0 Å². The topological polar surface area (TPSA) is 139 Å². The number of esters is 1.